The van der Waals surface area contributed by atoms with E-state index in [0.717, 1.165) is 16.5 Å². The molecule has 0 saturated carbocycles. The molecule has 0 N–H and O–H groups in total. The predicted octanol–water partition coefficient (Wildman–Crippen LogP) is 2.96. The van der Waals surface area contributed by atoms with Crippen LogP contribution in [0, 0.1) is 5.92 Å². The van der Waals surface area contributed by atoms with Gasteiger partial charge in [-0.3, -0.25) is 9.59 Å². The van der Waals surface area contributed by atoms with Gasteiger partial charge in [-0.15, -0.1) is 0 Å². The molecule has 0 aliphatic carbocycles. The first kappa shape index (κ1) is 12.2. The Balaban J connectivity index is 1.96. The molecule has 2 aromatic rings. The minimum Gasteiger partial charge on any atom is -0.312 e. The molecule has 3 rings (SSSR count). The normalized spacial score (nSPS) is 19.1. The lowest BCUT2D eigenvalue weighted by Crippen LogP contribution is -2.25. The van der Waals surface area contributed by atoms with Gasteiger partial charge in [0.15, 0.2) is 0 Å². The molecular formula is C15H12ClNO2. The molecule has 1 saturated heterocycles. The van der Waals surface area contributed by atoms with E-state index in [2.05, 4.69) is 0 Å². The number of carbonyl (C=O) groups is 2. The van der Waals surface area contributed by atoms with Crippen LogP contribution in [0.5, 0.6) is 0 Å². The van der Waals surface area contributed by atoms with Gasteiger partial charge < -0.3 is 4.90 Å². The van der Waals surface area contributed by atoms with Gasteiger partial charge in [0.2, 0.25) is 11.1 Å². The Labute approximate surface area is 115 Å². The maximum absolute atomic E-state index is 11.9. The molecule has 3 nitrogen and oxygen atoms in total. The highest BCUT2D eigenvalue weighted by atomic mass is 35.5. The van der Waals surface area contributed by atoms with Crippen LogP contribution in [0.25, 0.3) is 10.8 Å². The monoisotopic (exact) mass is 273 g/mol. The van der Waals surface area contributed by atoms with Crippen LogP contribution in [0.3, 0.4) is 0 Å². The lowest BCUT2D eigenvalue weighted by Gasteiger charge is -2.16. The van der Waals surface area contributed by atoms with Gasteiger partial charge in [0.25, 0.3) is 0 Å². The maximum atomic E-state index is 11.9. The Bertz CT molecular complexity index is 668. The zero-order valence-electron chi connectivity index (χ0n) is 10.2. The van der Waals surface area contributed by atoms with E-state index in [0.29, 0.717) is 6.54 Å². The van der Waals surface area contributed by atoms with Gasteiger partial charge in [0, 0.05) is 18.7 Å². The van der Waals surface area contributed by atoms with Gasteiger partial charge in [0.05, 0.1) is 5.92 Å². The zero-order chi connectivity index (χ0) is 13.4. The van der Waals surface area contributed by atoms with Crippen LogP contribution in [-0.2, 0) is 9.59 Å². The van der Waals surface area contributed by atoms with Crippen molar-refractivity contribution in [3.05, 3.63) is 42.5 Å². The van der Waals surface area contributed by atoms with Crippen LogP contribution in [0.2, 0.25) is 0 Å². The molecule has 96 valence electrons. The van der Waals surface area contributed by atoms with Gasteiger partial charge in [-0.1, -0.05) is 30.3 Å². The number of halogens is 1. The summed E-state index contributed by atoms with van der Waals surface area (Å²) in [5.41, 5.74) is 0.823. The van der Waals surface area contributed by atoms with Crippen molar-refractivity contribution < 1.29 is 9.59 Å². The van der Waals surface area contributed by atoms with E-state index in [4.69, 9.17) is 11.6 Å². The van der Waals surface area contributed by atoms with Crippen molar-refractivity contribution in [2.24, 2.45) is 5.92 Å². The second-order valence-electron chi connectivity index (χ2n) is 4.74. The van der Waals surface area contributed by atoms with Crippen molar-refractivity contribution in [2.45, 2.75) is 6.42 Å². The summed E-state index contributed by atoms with van der Waals surface area (Å²) in [4.78, 5) is 24.7. The van der Waals surface area contributed by atoms with E-state index in [-0.39, 0.29) is 18.2 Å². The molecule has 0 radical (unpaired) electrons. The molecule has 0 bridgehead atoms. The second-order valence-corrected chi connectivity index (χ2v) is 5.11. The molecule has 19 heavy (non-hydrogen) atoms. The third-order valence-electron chi connectivity index (χ3n) is 3.49. The van der Waals surface area contributed by atoms with Gasteiger partial charge in [-0.2, -0.15) is 0 Å². The standard InChI is InChI=1S/C15H12ClNO2/c16-15(19)12-8-14(18)17(9-12)13-6-5-10-3-1-2-4-11(10)7-13/h1-7,12H,8-9H2/t12-/m0/s1. The van der Waals surface area contributed by atoms with Crippen molar-refractivity contribution in [3.63, 3.8) is 0 Å². The minimum absolute atomic E-state index is 0.0470. The number of fused-ring (bicyclic) bond motifs is 1. The summed E-state index contributed by atoms with van der Waals surface area (Å²) in [6, 6.07) is 13.8. The first-order valence-corrected chi connectivity index (χ1v) is 6.51. The molecule has 1 amide bonds. The van der Waals surface area contributed by atoms with Crippen LogP contribution >= 0.6 is 11.6 Å². The van der Waals surface area contributed by atoms with E-state index >= 15 is 0 Å². The maximum Gasteiger partial charge on any atom is 0.227 e. The third kappa shape index (κ3) is 2.22. The minimum atomic E-state index is -0.434. The average molecular weight is 274 g/mol. The molecule has 4 heteroatoms. The van der Waals surface area contributed by atoms with Crippen molar-refractivity contribution in [1.82, 2.24) is 0 Å². The molecule has 0 unspecified atom stereocenters. The van der Waals surface area contributed by atoms with Gasteiger partial charge in [-0.05, 0) is 34.5 Å². The number of amides is 1. The Hall–Kier alpha value is -1.87. The Kier molecular flexibility index (Phi) is 2.99. The zero-order valence-corrected chi connectivity index (χ0v) is 10.9. The molecule has 1 fully saturated rings. The van der Waals surface area contributed by atoms with Gasteiger partial charge >= 0.3 is 0 Å². The number of carbonyl (C=O) groups excluding carboxylic acids is 2. The van der Waals surface area contributed by atoms with Crippen LogP contribution in [-0.4, -0.2) is 17.7 Å². The molecule has 2 aromatic carbocycles. The molecule has 1 heterocycles. The van der Waals surface area contributed by atoms with E-state index < -0.39 is 5.24 Å². The summed E-state index contributed by atoms with van der Waals surface area (Å²) < 4.78 is 0. The predicted molar refractivity (Wildman–Crippen MR) is 75.3 cm³/mol. The summed E-state index contributed by atoms with van der Waals surface area (Å²) in [6.07, 6.45) is 0.204. The molecule has 0 aromatic heterocycles. The lowest BCUT2D eigenvalue weighted by atomic mass is 10.1. The number of nitrogens with zero attached hydrogens (tertiary/aromatic N) is 1. The number of anilines is 1. The smallest absolute Gasteiger partial charge is 0.227 e. The van der Waals surface area contributed by atoms with E-state index in [1.54, 1.807) is 4.90 Å². The Morgan fingerprint density at radius 3 is 2.58 bits per heavy atom. The fourth-order valence-corrected chi connectivity index (χ4v) is 2.60. The summed E-state index contributed by atoms with van der Waals surface area (Å²) in [6.45, 7) is 0.375. The third-order valence-corrected chi connectivity index (χ3v) is 3.80. The summed E-state index contributed by atoms with van der Waals surface area (Å²) >= 11 is 5.48. The summed E-state index contributed by atoms with van der Waals surface area (Å²) in [5.74, 6) is -0.435. The fraction of sp³-hybridized carbons (Fsp3) is 0.200. The van der Waals surface area contributed by atoms with Crippen molar-refractivity contribution in [2.75, 3.05) is 11.4 Å². The summed E-state index contributed by atoms with van der Waals surface area (Å²) in [7, 11) is 0. The van der Waals surface area contributed by atoms with Crippen LogP contribution in [0.4, 0.5) is 5.69 Å². The fourth-order valence-electron chi connectivity index (χ4n) is 2.45. The van der Waals surface area contributed by atoms with E-state index in [1.807, 2.05) is 42.5 Å². The SMILES string of the molecule is O=C(Cl)[C@H]1CC(=O)N(c2ccc3ccccc3c2)C1. The first-order chi connectivity index (χ1) is 9.15. The van der Waals surface area contributed by atoms with Crippen molar-refractivity contribution in [1.29, 1.82) is 0 Å². The van der Waals surface area contributed by atoms with Crippen LogP contribution in [0.15, 0.2) is 42.5 Å². The molecule has 1 aliphatic rings. The highest BCUT2D eigenvalue weighted by Gasteiger charge is 2.34. The number of benzene rings is 2. The van der Waals surface area contributed by atoms with Gasteiger partial charge in [0.1, 0.15) is 0 Å². The van der Waals surface area contributed by atoms with E-state index in [9.17, 15) is 9.59 Å². The highest BCUT2D eigenvalue weighted by molar-refractivity contribution is 6.64. The number of hydrogen-bond donors (Lipinski definition) is 0. The molecule has 1 atom stereocenters. The first-order valence-electron chi connectivity index (χ1n) is 6.13. The van der Waals surface area contributed by atoms with Crippen LogP contribution in [0.1, 0.15) is 6.42 Å². The van der Waals surface area contributed by atoms with Crippen LogP contribution < -0.4 is 4.90 Å². The van der Waals surface area contributed by atoms with Gasteiger partial charge in [-0.25, -0.2) is 0 Å². The van der Waals surface area contributed by atoms with E-state index in [1.165, 1.54) is 0 Å². The molecule has 1 aliphatic heterocycles. The highest BCUT2D eigenvalue weighted by Crippen LogP contribution is 2.28. The Morgan fingerprint density at radius 1 is 1.16 bits per heavy atom. The second kappa shape index (κ2) is 4.67. The Morgan fingerprint density at radius 2 is 1.89 bits per heavy atom. The lowest BCUT2D eigenvalue weighted by molar-refractivity contribution is -0.120. The average Bonchev–Trinajstić information content (AvgIpc) is 2.80. The number of hydrogen-bond acceptors (Lipinski definition) is 2. The molecular weight excluding hydrogens is 262 g/mol. The van der Waals surface area contributed by atoms with Crippen molar-refractivity contribution >= 4 is 39.2 Å². The largest absolute Gasteiger partial charge is 0.312 e. The van der Waals surface area contributed by atoms with Crippen molar-refractivity contribution in [3.8, 4) is 0 Å². The molecule has 0 spiro atoms. The topological polar surface area (TPSA) is 37.4 Å². The summed E-state index contributed by atoms with van der Waals surface area (Å²) in [5, 5.41) is 1.77. The number of rotatable bonds is 2. The quantitative estimate of drug-likeness (QED) is 0.789.